The maximum atomic E-state index is 5.93. The molecule has 2 nitrogen and oxygen atoms in total. The zero-order valence-electron chi connectivity index (χ0n) is 13.3. The van der Waals surface area contributed by atoms with Crippen molar-refractivity contribution in [3.05, 3.63) is 47.0 Å². The summed E-state index contributed by atoms with van der Waals surface area (Å²) in [6.45, 7) is 14.6. The van der Waals surface area contributed by atoms with Gasteiger partial charge >= 0.3 is 0 Å². The Bertz CT molecular complexity index is 431. The molecule has 1 atom stereocenters. The number of nitrogens with zero attached hydrogens (tertiary/aromatic N) is 1. The molecule has 0 aliphatic carbocycles. The number of nitrogens with one attached hydrogen (secondary N) is 1. The first-order valence-electron chi connectivity index (χ1n) is 7.06. The van der Waals surface area contributed by atoms with Crippen LogP contribution < -0.4 is 5.32 Å². The highest BCUT2D eigenvalue weighted by Gasteiger charge is 2.14. The van der Waals surface area contributed by atoms with Gasteiger partial charge in [0.05, 0.1) is 0 Å². The van der Waals surface area contributed by atoms with Crippen LogP contribution in [0.1, 0.15) is 39.3 Å². The van der Waals surface area contributed by atoms with Crippen molar-refractivity contribution in [1.29, 1.82) is 0 Å². The van der Waals surface area contributed by atoms with Gasteiger partial charge in [0.25, 0.3) is 0 Å². The summed E-state index contributed by atoms with van der Waals surface area (Å²) in [6.07, 6.45) is 0. The van der Waals surface area contributed by atoms with Crippen LogP contribution in [0.4, 0.5) is 0 Å². The maximum Gasteiger partial charge on any atom is 0.0406 e. The fourth-order valence-electron chi connectivity index (χ4n) is 1.93. The highest BCUT2D eigenvalue weighted by atomic mass is 35.5. The summed E-state index contributed by atoms with van der Waals surface area (Å²) in [5, 5.41) is 4.25. The van der Waals surface area contributed by atoms with E-state index < -0.39 is 0 Å². The van der Waals surface area contributed by atoms with Gasteiger partial charge in [0.1, 0.15) is 0 Å². The van der Waals surface area contributed by atoms with Gasteiger partial charge in [0, 0.05) is 29.7 Å². The zero-order valence-corrected chi connectivity index (χ0v) is 14.1. The molecular weight excluding hydrogens is 268 g/mol. The molecule has 1 unspecified atom stereocenters. The lowest BCUT2D eigenvalue weighted by atomic mass is 10.1. The second-order valence-electron chi connectivity index (χ2n) is 6.50. The van der Waals surface area contributed by atoms with Crippen LogP contribution in [-0.2, 0) is 0 Å². The number of likely N-dealkylation sites (N-methyl/N-ethyl adjacent to an activating group) is 1. The van der Waals surface area contributed by atoms with Crippen LogP contribution in [0.25, 0.3) is 0 Å². The Labute approximate surface area is 128 Å². The van der Waals surface area contributed by atoms with Gasteiger partial charge in [-0.2, -0.15) is 0 Å². The molecule has 0 aliphatic rings. The first kappa shape index (κ1) is 17.2. The minimum absolute atomic E-state index is 0.128. The average molecular weight is 295 g/mol. The van der Waals surface area contributed by atoms with Crippen molar-refractivity contribution < 1.29 is 0 Å². The summed E-state index contributed by atoms with van der Waals surface area (Å²) >= 11 is 5.93. The second-order valence-corrected chi connectivity index (χ2v) is 6.93. The van der Waals surface area contributed by atoms with E-state index in [0.717, 1.165) is 18.1 Å². The van der Waals surface area contributed by atoms with Crippen molar-refractivity contribution in [2.45, 2.75) is 39.3 Å². The quantitative estimate of drug-likeness (QED) is 0.788. The topological polar surface area (TPSA) is 15.3 Å². The molecule has 0 spiro atoms. The van der Waals surface area contributed by atoms with E-state index in [1.54, 1.807) is 0 Å². The molecular formula is C17H27ClN2. The van der Waals surface area contributed by atoms with E-state index in [2.05, 4.69) is 63.7 Å². The highest BCUT2D eigenvalue weighted by molar-refractivity contribution is 6.30. The number of hydrogen-bond donors (Lipinski definition) is 1. The van der Waals surface area contributed by atoms with Crippen LogP contribution in [0, 0.1) is 0 Å². The molecule has 0 bridgehead atoms. The van der Waals surface area contributed by atoms with Crippen LogP contribution >= 0.6 is 11.6 Å². The fraction of sp³-hybridized carbons (Fsp3) is 0.529. The molecule has 1 aromatic rings. The van der Waals surface area contributed by atoms with E-state index in [1.807, 2.05) is 12.1 Å². The van der Waals surface area contributed by atoms with Crippen LogP contribution in [-0.4, -0.2) is 30.6 Å². The first-order valence-corrected chi connectivity index (χ1v) is 7.44. The molecule has 1 rings (SSSR count). The van der Waals surface area contributed by atoms with Crippen molar-refractivity contribution in [1.82, 2.24) is 10.2 Å². The lowest BCUT2D eigenvalue weighted by Gasteiger charge is -2.27. The van der Waals surface area contributed by atoms with Crippen LogP contribution in [0.15, 0.2) is 36.4 Å². The molecule has 3 heteroatoms. The predicted molar refractivity (Wildman–Crippen MR) is 89.4 cm³/mol. The average Bonchev–Trinajstić information content (AvgIpc) is 2.35. The SMILES string of the molecule is C=C(CNC(C)(C)C)CN(C)C(C)c1ccc(Cl)cc1. The summed E-state index contributed by atoms with van der Waals surface area (Å²) in [4.78, 5) is 2.30. The van der Waals surface area contributed by atoms with E-state index in [4.69, 9.17) is 11.6 Å². The predicted octanol–water partition coefficient (Wildman–Crippen LogP) is 4.28. The summed E-state index contributed by atoms with van der Waals surface area (Å²) in [5.74, 6) is 0. The summed E-state index contributed by atoms with van der Waals surface area (Å²) in [5.41, 5.74) is 2.60. The molecule has 0 saturated carbocycles. The number of benzene rings is 1. The van der Waals surface area contributed by atoms with Crippen molar-refractivity contribution in [2.75, 3.05) is 20.1 Å². The zero-order chi connectivity index (χ0) is 15.3. The molecule has 0 aliphatic heterocycles. The van der Waals surface area contributed by atoms with Crippen molar-refractivity contribution in [3.8, 4) is 0 Å². The molecule has 20 heavy (non-hydrogen) atoms. The molecule has 0 amide bonds. The number of halogens is 1. The molecule has 1 aromatic carbocycles. The smallest absolute Gasteiger partial charge is 0.0406 e. The van der Waals surface area contributed by atoms with E-state index >= 15 is 0 Å². The Morgan fingerprint density at radius 1 is 1.30 bits per heavy atom. The Morgan fingerprint density at radius 2 is 1.85 bits per heavy atom. The minimum Gasteiger partial charge on any atom is -0.308 e. The van der Waals surface area contributed by atoms with E-state index in [1.165, 1.54) is 11.1 Å². The highest BCUT2D eigenvalue weighted by Crippen LogP contribution is 2.21. The lowest BCUT2D eigenvalue weighted by molar-refractivity contribution is 0.279. The molecule has 0 saturated heterocycles. The summed E-state index contributed by atoms with van der Waals surface area (Å²) in [7, 11) is 2.13. The van der Waals surface area contributed by atoms with Gasteiger partial charge in [-0.15, -0.1) is 0 Å². The third-order valence-corrected chi connectivity index (χ3v) is 3.61. The van der Waals surface area contributed by atoms with Gasteiger partial charge in [-0.25, -0.2) is 0 Å². The normalized spacial score (nSPS) is 13.6. The van der Waals surface area contributed by atoms with E-state index in [0.29, 0.717) is 6.04 Å². The monoisotopic (exact) mass is 294 g/mol. The third-order valence-electron chi connectivity index (χ3n) is 3.36. The first-order chi connectivity index (χ1) is 9.19. The molecule has 0 heterocycles. The van der Waals surface area contributed by atoms with Crippen LogP contribution in [0.5, 0.6) is 0 Å². The third kappa shape index (κ3) is 6.08. The van der Waals surface area contributed by atoms with E-state index in [9.17, 15) is 0 Å². The fourth-order valence-corrected chi connectivity index (χ4v) is 2.06. The number of hydrogen-bond acceptors (Lipinski definition) is 2. The largest absolute Gasteiger partial charge is 0.308 e. The second kappa shape index (κ2) is 7.26. The van der Waals surface area contributed by atoms with Gasteiger partial charge < -0.3 is 5.32 Å². The standard InChI is InChI=1S/C17H27ClN2/c1-13(11-19-17(3,4)5)12-20(6)14(2)15-7-9-16(18)10-8-15/h7-10,14,19H,1,11-12H2,2-6H3. The van der Waals surface area contributed by atoms with Gasteiger partial charge in [0.2, 0.25) is 0 Å². The Hall–Kier alpha value is -0.830. The Balaban J connectivity index is 2.51. The summed E-state index contributed by atoms with van der Waals surface area (Å²) in [6, 6.07) is 8.40. The molecule has 1 N–H and O–H groups in total. The van der Waals surface area contributed by atoms with Crippen molar-refractivity contribution in [3.63, 3.8) is 0 Å². The van der Waals surface area contributed by atoms with Gasteiger partial charge in [-0.1, -0.05) is 30.3 Å². The van der Waals surface area contributed by atoms with Gasteiger partial charge in [0.15, 0.2) is 0 Å². The van der Waals surface area contributed by atoms with E-state index in [-0.39, 0.29) is 5.54 Å². The number of rotatable bonds is 6. The molecule has 112 valence electrons. The minimum atomic E-state index is 0.128. The van der Waals surface area contributed by atoms with Gasteiger partial charge in [-0.05, 0) is 58.0 Å². The maximum absolute atomic E-state index is 5.93. The Kier molecular flexibility index (Phi) is 6.25. The van der Waals surface area contributed by atoms with Crippen molar-refractivity contribution in [2.24, 2.45) is 0 Å². The van der Waals surface area contributed by atoms with Crippen LogP contribution in [0.3, 0.4) is 0 Å². The Morgan fingerprint density at radius 3 is 2.35 bits per heavy atom. The van der Waals surface area contributed by atoms with Gasteiger partial charge in [-0.3, -0.25) is 4.90 Å². The van der Waals surface area contributed by atoms with Crippen LogP contribution in [0.2, 0.25) is 5.02 Å². The summed E-state index contributed by atoms with van der Waals surface area (Å²) < 4.78 is 0. The molecule has 0 aromatic heterocycles. The molecule has 0 fully saturated rings. The molecule has 0 radical (unpaired) electrons. The van der Waals surface area contributed by atoms with Crippen molar-refractivity contribution >= 4 is 11.6 Å². The lowest BCUT2D eigenvalue weighted by Crippen LogP contribution is -2.38.